The lowest BCUT2D eigenvalue weighted by molar-refractivity contribution is 0.0691. The number of para-hydroxylation sites is 1. The van der Waals surface area contributed by atoms with Gasteiger partial charge in [-0.2, -0.15) is 0 Å². The van der Waals surface area contributed by atoms with Gasteiger partial charge in [-0.05, 0) is 39.8 Å². The van der Waals surface area contributed by atoms with E-state index in [0.717, 1.165) is 5.39 Å². The number of pyridine rings is 1. The van der Waals surface area contributed by atoms with E-state index in [4.69, 9.17) is 15.3 Å². The van der Waals surface area contributed by atoms with Crippen LogP contribution in [0.5, 0.6) is 5.75 Å². The minimum Gasteiger partial charge on any atom is -0.506 e. The fourth-order valence-corrected chi connectivity index (χ4v) is 1.25. The molecule has 122 valence electrons. The van der Waals surface area contributed by atoms with Gasteiger partial charge < -0.3 is 20.4 Å². The number of aromatic nitrogens is 1. The van der Waals surface area contributed by atoms with Gasteiger partial charge in [0.1, 0.15) is 17.0 Å². The van der Waals surface area contributed by atoms with Gasteiger partial charge in [0.05, 0.1) is 0 Å². The van der Waals surface area contributed by atoms with Crippen LogP contribution in [0, 0.1) is 0 Å². The number of hydrogen-bond donors (Lipinski definition) is 4. The average molecular weight is 309 g/mol. The molecule has 0 unspecified atom stereocenters. The number of phenols is 1. The number of carboxylic acid groups (broad SMARTS) is 1. The number of carboxylic acids is 1. The Balaban J connectivity index is 0.000000464. The molecule has 0 spiro atoms. The first-order chi connectivity index (χ1) is 10.1. The van der Waals surface area contributed by atoms with Crippen LogP contribution in [0.25, 0.3) is 10.9 Å². The van der Waals surface area contributed by atoms with Crippen LogP contribution < -0.4 is 0 Å². The number of hydrogen-bond acceptors (Lipinski definition) is 5. The number of rotatable bonds is 1. The standard InChI is InChI=1S/C10H7NO3.2C3H8O/c12-8-3-1-2-6-4-5-7(10(13)14)11-9(6)8;2*1-3(2)4/h1-5,12H,(H,13,14);2*3-4H,1-2H3. The highest BCUT2D eigenvalue weighted by molar-refractivity contribution is 5.91. The molecule has 22 heavy (non-hydrogen) atoms. The molecule has 1 aromatic heterocycles. The van der Waals surface area contributed by atoms with E-state index in [1.807, 2.05) is 0 Å². The summed E-state index contributed by atoms with van der Waals surface area (Å²) in [7, 11) is 0. The number of aliphatic hydroxyl groups excluding tert-OH is 2. The number of aliphatic hydroxyl groups is 2. The fraction of sp³-hybridized carbons (Fsp3) is 0.375. The maximum absolute atomic E-state index is 10.6. The van der Waals surface area contributed by atoms with Gasteiger partial charge in [-0.3, -0.25) is 0 Å². The van der Waals surface area contributed by atoms with E-state index in [1.54, 1.807) is 45.9 Å². The number of carbonyl (C=O) groups is 1. The van der Waals surface area contributed by atoms with E-state index in [9.17, 15) is 9.90 Å². The summed E-state index contributed by atoms with van der Waals surface area (Å²) in [5, 5.41) is 34.9. The number of fused-ring (bicyclic) bond motifs is 1. The van der Waals surface area contributed by atoms with Crippen LogP contribution >= 0.6 is 0 Å². The SMILES string of the molecule is CC(C)O.CC(C)O.O=C(O)c1ccc2cccc(O)c2n1. The predicted octanol–water partition coefficient (Wildman–Crippen LogP) is 2.41. The van der Waals surface area contributed by atoms with Crippen molar-refractivity contribution in [1.29, 1.82) is 0 Å². The molecular weight excluding hydrogens is 286 g/mol. The number of benzene rings is 1. The summed E-state index contributed by atoms with van der Waals surface area (Å²) < 4.78 is 0. The first-order valence-corrected chi connectivity index (χ1v) is 6.83. The molecule has 0 amide bonds. The Morgan fingerprint density at radius 1 is 1.00 bits per heavy atom. The number of aromatic carboxylic acids is 1. The summed E-state index contributed by atoms with van der Waals surface area (Å²) in [5.41, 5.74) is 0.242. The fourth-order valence-electron chi connectivity index (χ4n) is 1.25. The molecule has 0 aliphatic rings. The molecule has 6 heteroatoms. The van der Waals surface area contributed by atoms with Crippen molar-refractivity contribution < 1.29 is 25.2 Å². The van der Waals surface area contributed by atoms with Gasteiger partial charge in [-0.25, -0.2) is 9.78 Å². The van der Waals surface area contributed by atoms with Crippen LogP contribution in [0.4, 0.5) is 0 Å². The third kappa shape index (κ3) is 8.18. The van der Waals surface area contributed by atoms with E-state index in [1.165, 1.54) is 12.1 Å². The second-order valence-electron chi connectivity index (χ2n) is 5.04. The minimum absolute atomic E-state index is 0.00870. The normalized spacial score (nSPS) is 9.82. The molecule has 1 aromatic carbocycles. The molecule has 0 aliphatic carbocycles. The molecule has 2 rings (SSSR count). The Bertz CT molecular complexity index is 585. The molecule has 4 N–H and O–H groups in total. The van der Waals surface area contributed by atoms with Gasteiger partial charge >= 0.3 is 5.97 Å². The van der Waals surface area contributed by atoms with Crippen molar-refractivity contribution in [1.82, 2.24) is 4.98 Å². The van der Waals surface area contributed by atoms with Crippen molar-refractivity contribution >= 4 is 16.9 Å². The number of aromatic hydroxyl groups is 1. The van der Waals surface area contributed by atoms with Gasteiger partial charge in [0.2, 0.25) is 0 Å². The van der Waals surface area contributed by atoms with Crippen molar-refractivity contribution in [2.24, 2.45) is 0 Å². The molecule has 0 atom stereocenters. The Hall–Kier alpha value is -2.18. The van der Waals surface area contributed by atoms with Crippen LogP contribution in [0.3, 0.4) is 0 Å². The van der Waals surface area contributed by atoms with E-state index in [0.29, 0.717) is 5.52 Å². The molecule has 6 nitrogen and oxygen atoms in total. The lowest BCUT2D eigenvalue weighted by Crippen LogP contribution is -1.99. The van der Waals surface area contributed by atoms with E-state index < -0.39 is 5.97 Å². The number of phenolic OH excluding ortho intramolecular Hbond substituents is 1. The van der Waals surface area contributed by atoms with E-state index in [-0.39, 0.29) is 23.7 Å². The zero-order valence-electron chi connectivity index (χ0n) is 13.2. The molecule has 0 saturated heterocycles. The maximum Gasteiger partial charge on any atom is 0.354 e. The van der Waals surface area contributed by atoms with E-state index in [2.05, 4.69) is 4.98 Å². The highest BCUT2D eigenvalue weighted by atomic mass is 16.4. The van der Waals surface area contributed by atoms with Crippen LogP contribution in [-0.2, 0) is 0 Å². The van der Waals surface area contributed by atoms with Crippen molar-refractivity contribution in [3.05, 3.63) is 36.0 Å². The van der Waals surface area contributed by atoms with Crippen LogP contribution in [0.2, 0.25) is 0 Å². The van der Waals surface area contributed by atoms with Crippen molar-refractivity contribution in [3.8, 4) is 5.75 Å². The second kappa shape index (κ2) is 9.70. The first-order valence-electron chi connectivity index (χ1n) is 6.83. The topological polar surface area (TPSA) is 111 Å². The van der Waals surface area contributed by atoms with Crippen molar-refractivity contribution in [3.63, 3.8) is 0 Å². The molecular formula is C16H23NO5. The summed E-state index contributed by atoms with van der Waals surface area (Å²) in [5.74, 6) is -1.11. The van der Waals surface area contributed by atoms with Crippen molar-refractivity contribution in [2.45, 2.75) is 39.9 Å². The molecule has 0 radical (unpaired) electrons. The predicted molar refractivity (Wildman–Crippen MR) is 85.1 cm³/mol. The summed E-state index contributed by atoms with van der Waals surface area (Å²) in [6.07, 6.45) is -0.333. The highest BCUT2D eigenvalue weighted by Crippen LogP contribution is 2.22. The summed E-state index contributed by atoms with van der Waals surface area (Å²) >= 11 is 0. The lowest BCUT2D eigenvalue weighted by Gasteiger charge is -2.00. The summed E-state index contributed by atoms with van der Waals surface area (Å²) in [4.78, 5) is 14.4. The maximum atomic E-state index is 10.6. The van der Waals surface area contributed by atoms with Gasteiger partial charge in [0.25, 0.3) is 0 Å². The van der Waals surface area contributed by atoms with Crippen LogP contribution in [0.15, 0.2) is 30.3 Å². The van der Waals surface area contributed by atoms with Crippen LogP contribution in [-0.4, -0.2) is 43.6 Å². The van der Waals surface area contributed by atoms with E-state index >= 15 is 0 Å². The second-order valence-corrected chi connectivity index (χ2v) is 5.04. The summed E-state index contributed by atoms with van der Waals surface area (Å²) in [6, 6.07) is 7.93. The Kier molecular flexibility index (Phi) is 8.74. The quantitative estimate of drug-likeness (QED) is 0.644. The Morgan fingerprint density at radius 2 is 1.50 bits per heavy atom. The van der Waals surface area contributed by atoms with Crippen molar-refractivity contribution in [2.75, 3.05) is 0 Å². The molecule has 0 fully saturated rings. The van der Waals surface area contributed by atoms with Gasteiger partial charge in [0.15, 0.2) is 0 Å². The monoisotopic (exact) mass is 309 g/mol. The van der Waals surface area contributed by atoms with Gasteiger partial charge in [-0.1, -0.05) is 18.2 Å². The third-order valence-corrected chi connectivity index (χ3v) is 1.92. The van der Waals surface area contributed by atoms with Crippen LogP contribution in [0.1, 0.15) is 38.2 Å². The zero-order chi connectivity index (χ0) is 17.3. The highest BCUT2D eigenvalue weighted by Gasteiger charge is 2.07. The molecule has 0 saturated carbocycles. The third-order valence-electron chi connectivity index (χ3n) is 1.92. The largest absolute Gasteiger partial charge is 0.506 e. The molecule has 2 aromatic rings. The molecule has 0 bridgehead atoms. The Labute approximate surface area is 129 Å². The smallest absolute Gasteiger partial charge is 0.354 e. The number of nitrogens with zero attached hydrogens (tertiary/aromatic N) is 1. The zero-order valence-corrected chi connectivity index (χ0v) is 13.2. The lowest BCUT2D eigenvalue weighted by atomic mass is 10.2. The average Bonchev–Trinajstić information content (AvgIpc) is 2.37. The van der Waals surface area contributed by atoms with Gasteiger partial charge in [0, 0.05) is 17.6 Å². The molecule has 0 aliphatic heterocycles. The first kappa shape index (κ1) is 19.8. The summed E-state index contributed by atoms with van der Waals surface area (Å²) in [6.45, 7) is 6.89. The van der Waals surface area contributed by atoms with Gasteiger partial charge in [-0.15, -0.1) is 0 Å². The molecule has 1 heterocycles. The minimum atomic E-state index is -1.10. The Morgan fingerprint density at radius 3 is 1.95 bits per heavy atom.